The van der Waals surface area contributed by atoms with Crippen molar-refractivity contribution >= 4 is 11.7 Å². The van der Waals surface area contributed by atoms with Crippen LogP contribution in [-0.2, 0) is 13.1 Å². The number of urea groups is 1. The number of amides is 2. The minimum absolute atomic E-state index is 0.250. The molecule has 0 bridgehead atoms. The van der Waals surface area contributed by atoms with Gasteiger partial charge in [-0.15, -0.1) is 0 Å². The summed E-state index contributed by atoms with van der Waals surface area (Å²) in [6.45, 7) is 3.84. The summed E-state index contributed by atoms with van der Waals surface area (Å²) in [4.78, 5) is 18.7. The van der Waals surface area contributed by atoms with Gasteiger partial charge < -0.3 is 15.4 Å². The highest BCUT2D eigenvalue weighted by atomic mass is 16.5. The standard InChI is InChI=1S/C21H28N4O2/c1-27-20-10-9-19(15-22-20)24-21(26)23-14-17-7-6-8-18(13-17)16-25-11-4-2-3-5-12-25/h6-10,13,15H,2-5,11-12,14,16H2,1H3,(H2,23,24,26). The number of hydrogen-bond acceptors (Lipinski definition) is 4. The number of benzene rings is 1. The van der Waals surface area contributed by atoms with Crippen molar-refractivity contribution < 1.29 is 9.53 Å². The number of aromatic nitrogens is 1. The van der Waals surface area contributed by atoms with Crippen molar-refractivity contribution in [1.29, 1.82) is 0 Å². The minimum Gasteiger partial charge on any atom is -0.481 e. The van der Waals surface area contributed by atoms with E-state index >= 15 is 0 Å². The maximum atomic E-state index is 12.1. The topological polar surface area (TPSA) is 66.5 Å². The van der Waals surface area contributed by atoms with E-state index in [4.69, 9.17) is 4.74 Å². The second-order valence-corrected chi connectivity index (χ2v) is 6.91. The zero-order chi connectivity index (χ0) is 18.9. The van der Waals surface area contributed by atoms with Crippen molar-refractivity contribution in [3.8, 4) is 5.88 Å². The molecule has 2 aromatic rings. The fraction of sp³-hybridized carbons (Fsp3) is 0.429. The Balaban J connectivity index is 1.49. The summed E-state index contributed by atoms with van der Waals surface area (Å²) < 4.78 is 5.01. The van der Waals surface area contributed by atoms with Gasteiger partial charge in [0, 0.05) is 19.2 Å². The normalized spacial score (nSPS) is 15.0. The molecule has 1 aromatic carbocycles. The number of nitrogens with zero attached hydrogens (tertiary/aromatic N) is 2. The molecule has 1 fully saturated rings. The first-order chi connectivity index (χ1) is 13.2. The average molecular weight is 368 g/mol. The molecule has 1 aliphatic rings. The first-order valence-electron chi connectivity index (χ1n) is 9.58. The molecule has 0 radical (unpaired) electrons. The van der Waals surface area contributed by atoms with E-state index < -0.39 is 0 Å². The van der Waals surface area contributed by atoms with E-state index in [9.17, 15) is 4.79 Å². The molecule has 3 rings (SSSR count). The number of anilines is 1. The molecule has 2 amide bonds. The second kappa shape index (κ2) is 9.92. The van der Waals surface area contributed by atoms with Crippen LogP contribution in [0.1, 0.15) is 36.8 Å². The van der Waals surface area contributed by atoms with Crippen LogP contribution in [0.2, 0.25) is 0 Å². The molecule has 1 aromatic heterocycles. The maximum Gasteiger partial charge on any atom is 0.319 e. The molecule has 0 unspecified atom stereocenters. The second-order valence-electron chi connectivity index (χ2n) is 6.91. The summed E-state index contributed by atoms with van der Waals surface area (Å²) >= 11 is 0. The maximum absolute atomic E-state index is 12.1. The van der Waals surface area contributed by atoms with Gasteiger partial charge in [-0.25, -0.2) is 9.78 Å². The smallest absolute Gasteiger partial charge is 0.319 e. The quantitative estimate of drug-likeness (QED) is 0.814. The predicted octanol–water partition coefficient (Wildman–Crippen LogP) is 3.79. The van der Waals surface area contributed by atoms with Crippen molar-refractivity contribution in [1.82, 2.24) is 15.2 Å². The van der Waals surface area contributed by atoms with Crippen LogP contribution in [0.5, 0.6) is 5.88 Å². The Morgan fingerprint density at radius 1 is 1.11 bits per heavy atom. The molecule has 27 heavy (non-hydrogen) atoms. The molecule has 2 N–H and O–H groups in total. The van der Waals surface area contributed by atoms with Crippen LogP contribution in [0.3, 0.4) is 0 Å². The van der Waals surface area contributed by atoms with Crippen LogP contribution in [0.25, 0.3) is 0 Å². The Hall–Kier alpha value is -2.60. The number of rotatable bonds is 6. The lowest BCUT2D eigenvalue weighted by Gasteiger charge is -2.20. The number of carbonyl (C=O) groups excluding carboxylic acids is 1. The third kappa shape index (κ3) is 6.25. The molecule has 1 aliphatic heterocycles. The Kier molecular flexibility index (Phi) is 7.04. The molecule has 1 saturated heterocycles. The number of pyridine rings is 1. The number of likely N-dealkylation sites (tertiary alicyclic amines) is 1. The summed E-state index contributed by atoms with van der Waals surface area (Å²) in [7, 11) is 1.56. The summed E-state index contributed by atoms with van der Waals surface area (Å²) in [5.41, 5.74) is 3.03. The Labute approximate surface area is 160 Å². The number of carbonyl (C=O) groups is 1. The summed E-state index contributed by atoms with van der Waals surface area (Å²) in [5.74, 6) is 0.516. The van der Waals surface area contributed by atoms with E-state index in [1.54, 1.807) is 25.4 Å². The van der Waals surface area contributed by atoms with Crippen LogP contribution in [-0.4, -0.2) is 36.1 Å². The van der Waals surface area contributed by atoms with E-state index in [1.165, 1.54) is 44.3 Å². The summed E-state index contributed by atoms with van der Waals surface area (Å²) in [5, 5.41) is 5.67. The molecule has 2 heterocycles. The molecule has 6 nitrogen and oxygen atoms in total. The molecule has 6 heteroatoms. The Morgan fingerprint density at radius 3 is 2.59 bits per heavy atom. The molecule has 0 atom stereocenters. The lowest BCUT2D eigenvalue weighted by Crippen LogP contribution is -2.28. The third-order valence-electron chi connectivity index (χ3n) is 4.75. The van der Waals surface area contributed by atoms with Crippen LogP contribution >= 0.6 is 0 Å². The van der Waals surface area contributed by atoms with E-state index in [0.29, 0.717) is 18.1 Å². The SMILES string of the molecule is COc1ccc(NC(=O)NCc2cccc(CN3CCCCCC3)c2)cn1. The lowest BCUT2D eigenvalue weighted by molar-refractivity contribution is 0.251. The first kappa shape index (κ1) is 19.2. The van der Waals surface area contributed by atoms with Gasteiger partial charge in [-0.2, -0.15) is 0 Å². The van der Waals surface area contributed by atoms with E-state index in [1.807, 2.05) is 6.07 Å². The number of hydrogen-bond donors (Lipinski definition) is 2. The van der Waals surface area contributed by atoms with Crippen LogP contribution in [0.15, 0.2) is 42.6 Å². The van der Waals surface area contributed by atoms with Gasteiger partial charge in [0.1, 0.15) is 0 Å². The molecule has 0 spiro atoms. The molecular weight excluding hydrogens is 340 g/mol. The monoisotopic (exact) mass is 368 g/mol. The number of methoxy groups -OCH3 is 1. The zero-order valence-electron chi connectivity index (χ0n) is 15.9. The predicted molar refractivity (Wildman–Crippen MR) is 107 cm³/mol. The van der Waals surface area contributed by atoms with Crippen LogP contribution in [0, 0.1) is 0 Å². The highest BCUT2D eigenvalue weighted by molar-refractivity contribution is 5.88. The van der Waals surface area contributed by atoms with Crippen LogP contribution in [0.4, 0.5) is 10.5 Å². The molecule has 0 saturated carbocycles. The summed E-state index contributed by atoms with van der Waals surface area (Å²) in [6.07, 6.45) is 6.85. The van der Waals surface area contributed by atoms with Crippen molar-refractivity contribution in [3.05, 3.63) is 53.7 Å². The zero-order valence-corrected chi connectivity index (χ0v) is 15.9. The Morgan fingerprint density at radius 2 is 1.89 bits per heavy atom. The fourth-order valence-electron chi connectivity index (χ4n) is 3.32. The van der Waals surface area contributed by atoms with Gasteiger partial charge in [0.15, 0.2) is 0 Å². The van der Waals surface area contributed by atoms with Crippen molar-refractivity contribution in [2.24, 2.45) is 0 Å². The van der Waals surface area contributed by atoms with Gasteiger partial charge >= 0.3 is 6.03 Å². The van der Waals surface area contributed by atoms with Crippen molar-refractivity contribution in [2.75, 3.05) is 25.5 Å². The van der Waals surface area contributed by atoms with Gasteiger partial charge in [-0.3, -0.25) is 4.90 Å². The van der Waals surface area contributed by atoms with Gasteiger partial charge in [0.25, 0.3) is 0 Å². The molecule has 0 aliphatic carbocycles. The van der Waals surface area contributed by atoms with Gasteiger partial charge in [-0.05, 0) is 43.1 Å². The highest BCUT2D eigenvalue weighted by Gasteiger charge is 2.10. The van der Waals surface area contributed by atoms with E-state index in [0.717, 1.165) is 12.1 Å². The van der Waals surface area contributed by atoms with E-state index in [-0.39, 0.29) is 6.03 Å². The largest absolute Gasteiger partial charge is 0.481 e. The van der Waals surface area contributed by atoms with Crippen LogP contribution < -0.4 is 15.4 Å². The minimum atomic E-state index is -0.250. The number of ether oxygens (including phenoxy) is 1. The highest BCUT2D eigenvalue weighted by Crippen LogP contribution is 2.14. The fourth-order valence-corrected chi connectivity index (χ4v) is 3.32. The van der Waals surface area contributed by atoms with Crippen molar-refractivity contribution in [3.63, 3.8) is 0 Å². The van der Waals surface area contributed by atoms with Crippen molar-refractivity contribution in [2.45, 2.75) is 38.8 Å². The lowest BCUT2D eigenvalue weighted by atomic mass is 10.1. The average Bonchev–Trinajstić information content (AvgIpc) is 2.96. The summed E-state index contributed by atoms with van der Waals surface area (Å²) in [6, 6.07) is 11.7. The number of nitrogens with one attached hydrogen (secondary N) is 2. The van der Waals surface area contributed by atoms with Gasteiger partial charge in [-0.1, -0.05) is 37.1 Å². The molecular formula is C21H28N4O2. The van der Waals surface area contributed by atoms with Gasteiger partial charge in [0.05, 0.1) is 19.0 Å². The first-order valence-corrected chi connectivity index (χ1v) is 9.58. The van der Waals surface area contributed by atoms with Gasteiger partial charge in [0.2, 0.25) is 5.88 Å². The third-order valence-corrected chi connectivity index (χ3v) is 4.75. The molecule has 144 valence electrons. The van der Waals surface area contributed by atoms with E-state index in [2.05, 4.69) is 38.7 Å². The Bertz CT molecular complexity index is 725.